The molecule has 0 bridgehead atoms. The Balaban J connectivity index is 2.69. The number of nitrogens with two attached hydrogens (primary N) is 1. The molecule has 1 aromatic carbocycles. The highest BCUT2D eigenvalue weighted by Gasteiger charge is 2.12. The molecule has 88 valence electrons. The van der Waals surface area contributed by atoms with Crippen LogP contribution in [0, 0.1) is 17.6 Å². The number of amides is 1. The summed E-state index contributed by atoms with van der Waals surface area (Å²) < 4.78 is 26.0. The second kappa shape index (κ2) is 5.55. The van der Waals surface area contributed by atoms with Gasteiger partial charge in [0, 0.05) is 6.54 Å². The van der Waals surface area contributed by atoms with Gasteiger partial charge in [0.25, 0.3) is 5.91 Å². The molecule has 3 nitrogen and oxygen atoms in total. The maximum atomic E-state index is 13.2. The van der Waals surface area contributed by atoms with Gasteiger partial charge in [0.2, 0.25) is 0 Å². The molecule has 1 unspecified atom stereocenters. The Morgan fingerprint density at radius 3 is 2.81 bits per heavy atom. The topological polar surface area (TPSA) is 55.1 Å². The summed E-state index contributed by atoms with van der Waals surface area (Å²) in [6.07, 6.45) is 0. The van der Waals surface area contributed by atoms with Crippen molar-refractivity contribution >= 4 is 5.91 Å². The van der Waals surface area contributed by atoms with Crippen molar-refractivity contribution in [2.75, 3.05) is 13.1 Å². The summed E-state index contributed by atoms with van der Waals surface area (Å²) in [4.78, 5) is 11.5. The number of rotatable bonds is 4. The molecule has 0 fully saturated rings. The van der Waals surface area contributed by atoms with Crippen molar-refractivity contribution in [2.24, 2.45) is 11.7 Å². The van der Waals surface area contributed by atoms with E-state index in [1.54, 1.807) is 0 Å². The minimum atomic E-state index is -0.737. The Morgan fingerprint density at radius 2 is 2.19 bits per heavy atom. The van der Waals surface area contributed by atoms with E-state index in [1.165, 1.54) is 0 Å². The molecule has 0 radical (unpaired) electrons. The molecule has 1 rings (SSSR count). The van der Waals surface area contributed by atoms with Crippen LogP contribution in [-0.4, -0.2) is 19.0 Å². The van der Waals surface area contributed by atoms with Gasteiger partial charge >= 0.3 is 0 Å². The Morgan fingerprint density at radius 1 is 1.50 bits per heavy atom. The first kappa shape index (κ1) is 12.6. The molecule has 0 heterocycles. The zero-order valence-electron chi connectivity index (χ0n) is 8.97. The number of hydrogen-bond donors (Lipinski definition) is 2. The van der Waals surface area contributed by atoms with Crippen LogP contribution < -0.4 is 11.1 Å². The van der Waals surface area contributed by atoms with Crippen LogP contribution >= 0.6 is 0 Å². The van der Waals surface area contributed by atoms with Crippen LogP contribution in [0.5, 0.6) is 0 Å². The van der Waals surface area contributed by atoms with Crippen LogP contribution in [0.3, 0.4) is 0 Å². The number of carbonyl (C=O) groups is 1. The standard InChI is InChI=1S/C11H14F2N2O/c1-7(5-14)6-15-11(16)9-4-8(12)2-3-10(9)13/h2-4,7H,5-6,14H2,1H3,(H,15,16). The van der Waals surface area contributed by atoms with E-state index in [9.17, 15) is 13.6 Å². The summed E-state index contributed by atoms with van der Waals surface area (Å²) in [7, 11) is 0. The largest absolute Gasteiger partial charge is 0.352 e. The Bertz CT molecular complexity index is 382. The van der Waals surface area contributed by atoms with Gasteiger partial charge in [0.15, 0.2) is 0 Å². The van der Waals surface area contributed by atoms with Gasteiger partial charge in [-0.2, -0.15) is 0 Å². The molecule has 0 aliphatic rings. The van der Waals surface area contributed by atoms with E-state index >= 15 is 0 Å². The normalized spacial score (nSPS) is 12.2. The fourth-order valence-corrected chi connectivity index (χ4v) is 1.12. The van der Waals surface area contributed by atoms with Crippen LogP contribution in [0.15, 0.2) is 18.2 Å². The average Bonchev–Trinajstić information content (AvgIpc) is 2.28. The van der Waals surface area contributed by atoms with E-state index in [0.29, 0.717) is 13.1 Å². The highest BCUT2D eigenvalue weighted by atomic mass is 19.1. The lowest BCUT2D eigenvalue weighted by Gasteiger charge is -2.10. The van der Waals surface area contributed by atoms with E-state index in [1.807, 2.05) is 6.92 Å². The van der Waals surface area contributed by atoms with E-state index in [4.69, 9.17) is 5.73 Å². The molecule has 0 aliphatic heterocycles. The fourth-order valence-electron chi connectivity index (χ4n) is 1.12. The molecule has 1 atom stereocenters. The van der Waals surface area contributed by atoms with Gasteiger partial charge < -0.3 is 11.1 Å². The SMILES string of the molecule is CC(CN)CNC(=O)c1cc(F)ccc1F. The summed E-state index contributed by atoms with van der Waals surface area (Å²) in [5, 5.41) is 2.49. The maximum Gasteiger partial charge on any atom is 0.254 e. The molecule has 1 aromatic rings. The smallest absolute Gasteiger partial charge is 0.254 e. The molecule has 16 heavy (non-hydrogen) atoms. The third-order valence-electron chi connectivity index (χ3n) is 2.19. The predicted octanol–water partition coefficient (Wildman–Crippen LogP) is 1.29. The van der Waals surface area contributed by atoms with E-state index < -0.39 is 17.5 Å². The quantitative estimate of drug-likeness (QED) is 0.815. The second-order valence-electron chi connectivity index (χ2n) is 3.68. The number of benzene rings is 1. The number of hydrogen-bond acceptors (Lipinski definition) is 2. The third kappa shape index (κ3) is 3.27. The van der Waals surface area contributed by atoms with E-state index in [-0.39, 0.29) is 11.5 Å². The molecule has 1 amide bonds. The minimum absolute atomic E-state index is 0.0978. The van der Waals surface area contributed by atoms with Gasteiger partial charge in [0.05, 0.1) is 5.56 Å². The summed E-state index contributed by atoms with van der Waals surface area (Å²) >= 11 is 0. The van der Waals surface area contributed by atoms with Gasteiger partial charge in [-0.05, 0) is 30.7 Å². The summed E-state index contributed by atoms with van der Waals surface area (Å²) in [6.45, 7) is 2.61. The zero-order valence-corrected chi connectivity index (χ0v) is 8.97. The first-order chi connectivity index (χ1) is 7.54. The lowest BCUT2D eigenvalue weighted by Crippen LogP contribution is -2.31. The van der Waals surface area contributed by atoms with E-state index in [2.05, 4.69) is 5.32 Å². The molecule has 0 aromatic heterocycles. The predicted molar refractivity (Wildman–Crippen MR) is 56.9 cm³/mol. The molecule has 0 saturated heterocycles. The summed E-state index contributed by atoms with van der Waals surface area (Å²) in [5.41, 5.74) is 5.08. The van der Waals surface area contributed by atoms with Crippen LogP contribution in [0.1, 0.15) is 17.3 Å². The lowest BCUT2D eigenvalue weighted by molar-refractivity contribution is 0.0944. The van der Waals surface area contributed by atoms with Crippen LogP contribution in [-0.2, 0) is 0 Å². The van der Waals surface area contributed by atoms with Crippen molar-refractivity contribution in [1.29, 1.82) is 0 Å². The first-order valence-electron chi connectivity index (χ1n) is 4.98. The van der Waals surface area contributed by atoms with Crippen LogP contribution in [0.4, 0.5) is 8.78 Å². The number of halogens is 2. The monoisotopic (exact) mass is 228 g/mol. The van der Waals surface area contributed by atoms with Gasteiger partial charge in [-0.25, -0.2) is 8.78 Å². The molecule has 5 heteroatoms. The van der Waals surface area contributed by atoms with Gasteiger partial charge in [-0.15, -0.1) is 0 Å². The maximum absolute atomic E-state index is 13.2. The Labute approximate surface area is 92.6 Å². The third-order valence-corrected chi connectivity index (χ3v) is 2.19. The average molecular weight is 228 g/mol. The van der Waals surface area contributed by atoms with Gasteiger partial charge in [-0.3, -0.25) is 4.79 Å². The molecule has 3 N–H and O–H groups in total. The summed E-state index contributed by atoms with van der Waals surface area (Å²) in [5.74, 6) is -1.91. The fraction of sp³-hybridized carbons (Fsp3) is 0.364. The Kier molecular flexibility index (Phi) is 4.37. The Hall–Kier alpha value is -1.49. The van der Waals surface area contributed by atoms with Crippen molar-refractivity contribution in [3.63, 3.8) is 0 Å². The van der Waals surface area contributed by atoms with Crippen LogP contribution in [0.2, 0.25) is 0 Å². The molecule has 0 spiro atoms. The minimum Gasteiger partial charge on any atom is -0.352 e. The number of carbonyl (C=O) groups excluding carboxylic acids is 1. The molecule has 0 saturated carbocycles. The van der Waals surface area contributed by atoms with Crippen LogP contribution in [0.25, 0.3) is 0 Å². The van der Waals surface area contributed by atoms with Crippen molar-refractivity contribution in [3.05, 3.63) is 35.4 Å². The summed E-state index contributed by atoms with van der Waals surface area (Å²) in [6, 6.07) is 2.77. The second-order valence-corrected chi connectivity index (χ2v) is 3.68. The number of nitrogens with one attached hydrogen (secondary N) is 1. The zero-order chi connectivity index (χ0) is 12.1. The highest BCUT2D eigenvalue weighted by molar-refractivity contribution is 5.94. The molecular formula is C11H14F2N2O. The van der Waals surface area contributed by atoms with Gasteiger partial charge in [-0.1, -0.05) is 6.92 Å². The van der Waals surface area contributed by atoms with E-state index in [0.717, 1.165) is 18.2 Å². The van der Waals surface area contributed by atoms with Gasteiger partial charge in [0.1, 0.15) is 11.6 Å². The molecular weight excluding hydrogens is 214 g/mol. The van der Waals surface area contributed by atoms with Crippen molar-refractivity contribution in [1.82, 2.24) is 5.32 Å². The first-order valence-corrected chi connectivity index (χ1v) is 4.98. The van der Waals surface area contributed by atoms with Crippen molar-refractivity contribution in [2.45, 2.75) is 6.92 Å². The van der Waals surface area contributed by atoms with Crippen molar-refractivity contribution in [3.8, 4) is 0 Å². The van der Waals surface area contributed by atoms with Crippen molar-refractivity contribution < 1.29 is 13.6 Å². The molecule has 0 aliphatic carbocycles. The highest BCUT2D eigenvalue weighted by Crippen LogP contribution is 2.09. The lowest BCUT2D eigenvalue weighted by atomic mass is 10.1.